The largest absolute Gasteiger partial charge is 0.457 e. The van der Waals surface area contributed by atoms with Gasteiger partial charge in [-0.3, -0.25) is 24.5 Å². The lowest BCUT2D eigenvalue weighted by molar-refractivity contribution is -0.141. The summed E-state index contributed by atoms with van der Waals surface area (Å²) in [5.41, 5.74) is -2.24. The molecule has 34 heavy (non-hydrogen) atoms. The van der Waals surface area contributed by atoms with Crippen molar-refractivity contribution >= 4 is 52.5 Å². The number of aromatic nitrogens is 2. The molecule has 0 bridgehead atoms. The first kappa shape index (κ1) is 23.5. The van der Waals surface area contributed by atoms with Crippen LogP contribution in [0.2, 0.25) is 5.15 Å². The van der Waals surface area contributed by atoms with Crippen LogP contribution in [-0.2, 0) is 22.8 Å². The third-order valence-corrected chi connectivity index (χ3v) is 5.48. The fourth-order valence-corrected chi connectivity index (χ4v) is 3.64. The zero-order valence-electron chi connectivity index (χ0n) is 17.3. The number of nitrogens with one attached hydrogen (secondary N) is 1. The summed E-state index contributed by atoms with van der Waals surface area (Å²) in [5, 5.41) is 5.05. The van der Waals surface area contributed by atoms with Gasteiger partial charge in [-0.25, -0.2) is 0 Å². The van der Waals surface area contributed by atoms with E-state index in [-0.39, 0.29) is 16.0 Å². The standard InChI is InChI=1S/C22H14ClF3N4O3S/c1-29-18(23)15(17(28-29)22(24,25)26)11-16-19(31)27-21(34)30(20(16)32)12-7-9-14(10-8-12)33-13-5-3-2-4-6-13/h2-11H,1H3,(H,27,31,34)/b16-11+. The number of rotatable bonds is 4. The molecule has 0 aliphatic carbocycles. The van der Waals surface area contributed by atoms with Crippen LogP contribution in [0.1, 0.15) is 11.3 Å². The van der Waals surface area contributed by atoms with Gasteiger partial charge >= 0.3 is 6.18 Å². The number of carbonyl (C=O) groups is 2. The van der Waals surface area contributed by atoms with Crippen LogP contribution in [0.25, 0.3) is 6.08 Å². The van der Waals surface area contributed by atoms with Crippen molar-refractivity contribution < 1.29 is 27.5 Å². The molecular formula is C22H14ClF3N4O3S. The van der Waals surface area contributed by atoms with Crippen LogP contribution in [0.4, 0.5) is 18.9 Å². The topological polar surface area (TPSA) is 76.5 Å². The van der Waals surface area contributed by atoms with Crippen molar-refractivity contribution in [3.8, 4) is 11.5 Å². The molecule has 0 spiro atoms. The van der Waals surface area contributed by atoms with Gasteiger partial charge in [0.2, 0.25) is 0 Å². The predicted molar refractivity (Wildman–Crippen MR) is 122 cm³/mol. The van der Waals surface area contributed by atoms with Crippen LogP contribution in [0.15, 0.2) is 60.2 Å². The summed E-state index contributed by atoms with van der Waals surface area (Å²) >= 11 is 11.1. The number of hydrogen-bond donors (Lipinski definition) is 1. The third-order valence-electron chi connectivity index (χ3n) is 4.74. The molecule has 2 amide bonds. The van der Waals surface area contributed by atoms with E-state index >= 15 is 0 Å². The number of alkyl halides is 3. The number of amides is 2. The Morgan fingerprint density at radius 2 is 1.68 bits per heavy atom. The molecule has 3 aromatic rings. The van der Waals surface area contributed by atoms with E-state index < -0.39 is 34.8 Å². The first-order chi connectivity index (χ1) is 16.1. The highest BCUT2D eigenvalue weighted by Gasteiger charge is 2.40. The Hall–Kier alpha value is -3.70. The molecule has 0 atom stereocenters. The quantitative estimate of drug-likeness (QED) is 0.315. The molecule has 2 heterocycles. The number of carbonyl (C=O) groups excluding carboxylic acids is 2. The van der Waals surface area contributed by atoms with E-state index in [9.17, 15) is 22.8 Å². The van der Waals surface area contributed by atoms with E-state index in [0.29, 0.717) is 11.5 Å². The lowest BCUT2D eigenvalue weighted by Gasteiger charge is -2.29. The number of para-hydroxylation sites is 1. The fraction of sp³-hybridized carbons (Fsp3) is 0.0909. The summed E-state index contributed by atoms with van der Waals surface area (Å²) < 4.78 is 46.7. The zero-order valence-corrected chi connectivity index (χ0v) is 18.8. The molecule has 1 saturated heterocycles. The minimum absolute atomic E-state index is 0.225. The Labute approximate surface area is 201 Å². The van der Waals surface area contributed by atoms with E-state index in [1.54, 1.807) is 24.3 Å². The highest BCUT2D eigenvalue weighted by Crippen LogP contribution is 2.36. The van der Waals surface area contributed by atoms with Gasteiger partial charge in [-0.1, -0.05) is 29.8 Å². The molecule has 174 valence electrons. The smallest absolute Gasteiger partial charge is 0.435 e. The van der Waals surface area contributed by atoms with Gasteiger partial charge in [-0.2, -0.15) is 18.3 Å². The maximum absolute atomic E-state index is 13.4. The van der Waals surface area contributed by atoms with E-state index in [4.69, 9.17) is 28.6 Å². The second-order valence-corrected chi connectivity index (χ2v) is 7.79. The summed E-state index contributed by atoms with van der Waals surface area (Å²) in [6, 6.07) is 15.2. The van der Waals surface area contributed by atoms with E-state index in [0.717, 1.165) is 15.7 Å². The SMILES string of the molecule is Cn1nc(C(F)(F)F)c(/C=C2\C(=O)NC(=S)N(c3ccc(Oc4ccccc4)cc3)C2=O)c1Cl. The minimum Gasteiger partial charge on any atom is -0.457 e. The lowest BCUT2D eigenvalue weighted by Crippen LogP contribution is -2.54. The molecule has 0 unspecified atom stereocenters. The summed E-state index contributed by atoms with van der Waals surface area (Å²) in [4.78, 5) is 26.6. The van der Waals surface area contributed by atoms with Gasteiger partial charge in [-0.15, -0.1) is 0 Å². The Kier molecular flexibility index (Phi) is 6.15. The normalized spacial score (nSPS) is 15.6. The zero-order chi connectivity index (χ0) is 24.6. The van der Waals surface area contributed by atoms with Gasteiger partial charge in [0.15, 0.2) is 10.8 Å². The van der Waals surface area contributed by atoms with Crippen molar-refractivity contribution in [2.24, 2.45) is 7.05 Å². The van der Waals surface area contributed by atoms with Gasteiger partial charge in [0.05, 0.1) is 5.69 Å². The van der Waals surface area contributed by atoms with E-state index in [1.165, 1.54) is 19.2 Å². The van der Waals surface area contributed by atoms with E-state index in [2.05, 4.69) is 10.4 Å². The molecule has 1 aliphatic rings. The molecule has 1 aliphatic heterocycles. The predicted octanol–water partition coefficient (Wildman–Crippen LogP) is 4.72. The number of thiocarbonyl (C=S) groups is 1. The average Bonchev–Trinajstić information content (AvgIpc) is 3.07. The average molecular weight is 507 g/mol. The van der Waals surface area contributed by atoms with Gasteiger partial charge in [-0.05, 0) is 54.7 Å². The maximum atomic E-state index is 13.4. The van der Waals surface area contributed by atoms with Gasteiger partial charge in [0.25, 0.3) is 11.8 Å². The number of ether oxygens (including phenoxy) is 1. The van der Waals surface area contributed by atoms with Crippen LogP contribution >= 0.6 is 23.8 Å². The van der Waals surface area contributed by atoms with Crippen LogP contribution in [0, 0.1) is 0 Å². The number of anilines is 1. The molecule has 7 nitrogen and oxygen atoms in total. The number of benzene rings is 2. The summed E-state index contributed by atoms with van der Waals surface area (Å²) in [7, 11) is 1.21. The molecule has 0 saturated carbocycles. The molecule has 12 heteroatoms. The number of hydrogen-bond acceptors (Lipinski definition) is 5. The van der Waals surface area contributed by atoms with Gasteiger partial charge < -0.3 is 4.74 Å². The van der Waals surface area contributed by atoms with Crippen LogP contribution in [0.5, 0.6) is 11.5 Å². The highest BCUT2D eigenvalue weighted by molar-refractivity contribution is 7.80. The Balaban J connectivity index is 1.67. The third kappa shape index (κ3) is 4.52. The van der Waals surface area contributed by atoms with Crippen molar-refractivity contribution in [1.82, 2.24) is 15.1 Å². The van der Waals surface area contributed by atoms with Crippen LogP contribution in [-0.4, -0.2) is 26.7 Å². The van der Waals surface area contributed by atoms with Crippen molar-refractivity contribution in [3.63, 3.8) is 0 Å². The monoisotopic (exact) mass is 506 g/mol. The Morgan fingerprint density at radius 3 is 2.29 bits per heavy atom. The van der Waals surface area contributed by atoms with Crippen LogP contribution in [0.3, 0.4) is 0 Å². The summed E-state index contributed by atoms with van der Waals surface area (Å²) in [5.74, 6) is -0.796. The second-order valence-electron chi connectivity index (χ2n) is 7.04. The van der Waals surface area contributed by atoms with Crippen molar-refractivity contribution in [1.29, 1.82) is 0 Å². The molecule has 0 radical (unpaired) electrons. The number of halogens is 4. The molecule has 4 rings (SSSR count). The van der Waals surface area contributed by atoms with Crippen molar-refractivity contribution in [3.05, 3.63) is 76.6 Å². The highest BCUT2D eigenvalue weighted by atomic mass is 35.5. The Morgan fingerprint density at radius 1 is 1.06 bits per heavy atom. The first-order valence-electron chi connectivity index (χ1n) is 9.60. The lowest BCUT2D eigenvalue weighted by atomic mass is 10.1. The Bertz CT molecular complexity index is 1320. The fourth-order valence-electron chi connectivity index (χ4n) is 3.18. The van der Waals surface area contributed by atoms with Gasteiger partial charge in [0.1, 0.15) is 22.2 Å². The van der Waals surface area contributed by atoms with Gasteiger partial charge in [0, 0.05) is 12.6 Å². The maximum Gasteiger partial charge on any atom is 0.435 e. The summed E-state index contributed by atoms with van der Waals surface area (Å²) in [6.45, 7) is 0. The first-order valence-corrected chi connectivity index (χ1v) is 10.4. The second kappa shape index (κ2) is 8.92. The summed E-state index contributed by atoms with van der Waals surface area (Å²) in [6.07, 6.45) is -4.09. The van der Waals surface area contributed by atoms with Crippen LogP contribution < -0.4 is 15.0 Å². The molecule has 1 fully saturated rings. The molecular weight excluding hydrogens is 493 g/mol. The molecule has 2 aromatic carbocycles. The van der Waals surface area contributed by atoms with Crippen molar-refractivity contribution in [2.45, 2.75) is 6.18 Å². The van der Waals surface area contributed by atoms with E-state index in [1.807, 2.05) is 18.2 Å². The molecule has 1 aromatic heterocycles. The molecule has 1 N–H and O–H groups in total. The number of nitrogens with zero attached hydrogens (tertiary/aromatic N) is 3. The number of aryl methyl sites for hydroxylation is 1. The van der Waals surface area contributed by atoms with Crippen molar-refractivity contribution in [2.75, 3.05) is 4.90 Å². The minimum atomic E-state index is -4.85.